The van der Waals surface area contributed by atoms with Crippen molar-refractivity contribution in [2.45, 2.75) is 44.9 Å². The molecule has 0 spiro atoms. The second-order valence-corrected chi connectivity index (χ2v) is 8.56. The van der Waals surface area contributed by atoms with Gasteiger partial charge < -0.3 is 15.1 Å². The van der Waals surface area contributed by atoms with Gasteiger partial charge in [-0.15, -0.1) is 0 Å². The molecule has 2 heterocycles. The SMILES string of the molecule is CCNC(=NCCCCSC)N1CC(CCN2CCCC2=O)c2ccccc21. The lowest BCUT2D eigenvalue weighted by Gasteiger charge is -2.23. The van der Waals surface area contributed by atoms with Crippen molar-refractivity contribution in [3.63, 3.8) is 0 Å². The molecule has 1 N–H and O–H groups in total. The summed E-state index contributed by atoms with van der Waals surface area (Å²) < 4.78 is 0. The molecule has 0 aliphatic carbocycles. The largest absolute Gasteiger partial charge is 0.356 e. The lowest BCUT2D eigenvalue weighted by molar-refractivity contribution is -0.127. The van der Waals surface area contributed by atoms with E-state index < -0.39 is 0 Å². The van der Waals surface area contributed by atoms with Gasteiger partial charge >= 0.3 is 0 Å². The van der Waals surface area contributed by atoms with Crippen LogP contribution >= 0.6 is 11.8 Å². The Bertz CT molecular complexity index is 678. The first-order valence-electron chi connectivity index (χ1n) is 10.7. The van der Waals surface area contributed by atoms with Gasteiger partial charge in [0.1, 0.15) is 0 Å². The normalized spacial score (nSPS) is 19.4. The molecule has 1 aromatic rings. The van der Waals surface area contributed by atoms with E-state index in [1.165, 1.54) is 23.4 Å². The summed E-state index contributed by atoms with van der Waals surface area (Å²) in [5, 5.41) is 3.49. The highest BCUT2D eigenvalue weighted by atomic mass is 32.2. The molecule has 0 radical (unpaired) electrons. The van der Waals surface area contributed by atoms with E-state index in [0.29, 0.717) is 11.8 Å². The third kappa shape index (κ3) is 5.22. The van der Waals surface area contributed by atoms with Gasteiger partial charge in [0.05, 0.1) is 0 Å². The number of hydrogen-bond acceptors (Lipinski definition) is 3. The molecule has 154 valence electrons. The molecule has 1 aromatic carbocycles. The fourth-order valence-electron chi connectivity index (χ4n) is 4.13. The number of carbonyl (C=O) groups is 1. The third-order valence-corrected chi connectivity index (χ3v) is 6.29. The predicted molar refractivity (Wildman–Crippen MR) is 121 cm³/mol. The van der Waals surface area contributed by atoms with E-state index in [1.54, 1.807) is 0 Å². The standard InChI is InChI=1S/C22H34N4OS/c1-3-23-22(24-13-6-7-16-28-2)26-17-18(19-9-4-5-10-20(19)26)12-15-25-14-8-11-21(25)27/h4-5,9-10,18H,3,6-8,11-17H2,1-2H3,(H,23,24). The Labute approximate surface area is 174 Å². The van der Waals surface area contributed by atoms with Crippen LogP contribution in [0.15, 0.2) is 29.3 Å². The number of hydrogen-bond donors (Lipinski definition) is 1. The number of rotatable bonds is 9. The minimum absolute atomic E-state index is 0.322. The maximum atomic E-state index is 12.0. The third-order valence-electron chi connectivity index (χ3n) is 5.60. The van der Waals surface area contributed by atoms with Gasteiger partial charge in [-0.25, -0.2) is 0 Å². The highest BCUT2D eigenvalue weighted by molar-refractivity contribution is 7.98. The zero-order valence-electron chi connectivity index (χ0n) is 17.3. The summed E-state index contributed by atoms with van der Waals surface area (Å²) in [6.45, 7) is 6.61. The fraction of sp³-hybridized carbons (Fsp3) is 0.636. The van der Waals surface area contributed by atoms with Crippen LogP contribution in [0, 0.1) is 0 Å². The number of likely N-dealkylation sites (tertiary alicyclic amines) is 1. The summed E-state index contributed by atoms with van der Waals surface area (Å²) >= 11 is 1.90. The van der Waals surface area contributed by atoms with Crippen LogP contribution in [0.3, 0.4) is 0 Å². The monoisotopic (exact) mass is 402 g/mol. The lowest BCUT2D eigenvalue weighted by Crippen LogP contribution is -2.41. The number of para-hydroxylation sites is 1. The number of carbonyl (C=O) groups excluding carboxylic acids is 1. The van der Waals surface area contributed by atoms with E-state index in [2.05, 4.69) is 47.7 Å². The highest BCUT2D eigenvalue weighted by Gasteiger charge is 2.32. The molecule has 2 aliphatic heterocycles. The molecule has 0 aromatic heterocycles. The quantitative estimate of drug-likeness (QED) is 0.389. The summed E-state index contributed by atoms with van der Waals surface area (Å²) in [4.78, 5) is 21.3. The highest BCUT2D eigenvalue weighted by Crippen LogP contribution is 2.38. The van der Waals surface area contributed by atoms with Gasteiger partial charge in [-0.05, 0) is 56.2 Å². The minimum atomic E-state index is 0.322. The number of unbranched alkanes of at least 4 members (excludes halogenated alkanes) is 1. The summed E-state index contributed by atoms with van der Waals surface area (Å²) in [7, 11) is 0. The summed E-state index contributed by atoms with van der Waals surface area (Å²) in [6.07, 6.45) is 7.26. The average molecular weight is 403 g/mol. The average Bonchev–Trinajstić information content (AvgIpc) is 3.29. The minimum Gasteiger partial charge on any atom is -0.356 e. The van der Waals surface area contributed by atoms with Gasteiger partial charge in [-0.3, -0.25) is 9.79 Å². The van der Waals surface area contributed by atoms with E-state index in [4.69, 9.17) is 4.99 Å². The van der Waals surface area contributed by atoms with Crippen molar-refractivity contribution in [2.75, 3.05) is 49.6 Å². The van der Waals surface area contributed by atoms with Gasteiger partial charge in [0.25, 0.3) is 0 Å². The Balaban J connectivity index is 1.68. The smallest absolute Gasteiger partial charge is 0.222 e. The molecule has 0 bridgehead atoms. The lowest BCUT2D eigenvalue weighted by atomic mass is 9.98. The number of amides is 1. The topological polar surface area (TPSA) is 47.9 Å². The number of nitrogens with one attached hydrogen (secondary N) is 1. The Kier molecular flexibility index (Phi) is 8.07. The zero-order valence-corrected chi connectivity index (χ0v) is 18.1. The number of nitrogens with zero attached hydrogens (tertiary/aromatic N) is 3. The number of fused-ring (bicyclic) bond motifs is 1. The zero-order chi connectivity index (χ0) is 19.8. The summed E-state index contributed by atoms with van der Waals surface area (Å²) in [5.74, 6) is 2.97. The van der Waals surface area contributed by atoms with Gasteiger partial charge in [0.2, 0.25) is 5.91 Å². The predicted octanol–water partition coefficient (Wildman–Crippen LogP) is 3.71. The molecule has 1 amide bonds. The van der Waals surface area contributed by atoms with Crippen molar-refractivity contribution in [3.05, 3.63) is 29.8 Å². The van der Waals surface area contributed by atoms with Crippen LogP contribution in [-0.2, 0) is 4.79 Å². The molecule has 5 nitrogen and oxygen atoms in total. The van der Waals surface area contributed by atoms with Crippen LogP contribution in [0.5, 0.6) is 0 Å². The van der Waals surface area contributed by atoms with Crippen molar-refractivity contribution >= 4 is 29.3 Å². The van der Waals surface area contributed by atoms with E-state index in [9.17, 15) is 4.79 Å². The maximum absolute atomic E-state index is 12.0. The van der Waals surface area contributed by atoms with Gasteiger partial charge in [0, 0.05) is 50.7 Å². The Morgan fingerprint density at radius 3 is 2.93 bits per heavy atom. The van der Waals surface area contributed by atoms with Crippen LogP contribution < -0.4 is 10.2 Å². The number of benzene rings is 1. The van der Waals surface area contributed by atoms with E-state index in [-0.39, 0.29) is 0 Å². The number of guanidine groups is 1. The van der Waals surface area contributed by atoms with Gasteiger partial charge in [0.15, 0.2) is 5.96 Å². The van der Waals surface area contributed by atoms with Crippen molar-refractivity contribution in [1.82, 2.24) is 10.2 Å². The molecule has 1 fully saturated rings. The first kappa shape index (κ1) is 21.0. The molecule has 1 atom stereocenters. The molecule has 1 unspecified atom stereocenters. The summed E-state index contributed by atoms with van der Waals surface area (Å²) in [6, 6.07) is 8.69. The van der Waals surface area contributed by atoms with Crippen LogP contribution in [0.1, 0.15) is 50.5 Å². The number of aliphatic imine (C=N–C) groups is 1. The molecule has 6 heteroatoms. The summed E-state index contributed by atoms with van der Waals surface area (Å²) in [5.41, 5.74) is 2.66. The van der Waals surface area contributed by atoms with E-state index >= 15 is 0 Å². The van der Waals surface area contributed by atoms with Gasteiger partial charge in [-0.1, -0.05) is 18.2 Å². The molecule has 28 heavy (non-hydrogen) atoms. The van der Waals surface area contributed by atoms with Crippen LogP contribution in [0.4, 0.5) is 5.69 Å². The van der Waals surface area contributed by atoms with Crippen LogP contribution in [0.2, 0.25) is 0 Å². The Hall–Kier alpha value is -1.69. The molecule has 3 rings (SSSR count). The first-order chi connectivity index (χ1) is 13.7. The molecular weight excluding hydrogens is 368 g/mol. The van der Waals surface area contributed by atoms with Crippen LogP contribution in [-0.4, -0.2) is 61.5 Å². The second-order valence-electron chi connectivity index (χ2n) is 7.57. The molecule has 2 aliphatic rings. The maximum Gasteiger partial charge on any atom is 0.222 e. The molecule has 0 saturated carbocycles. The van der Waals surface area contributed by atoms with Crippen LogP contribution in [0.25, 0.3) is 0 Å². The fourth-order valence-corrected chi connectivity index (χ4v) is 4.63. The Morgan fingerprint density at radius 2 is 2.18 bits per heavy atom. The number of thioether (sulfide) groups is 1. The van der Waals surface area contributed by atoms with Gasteiger partial charge in [-0.2, -0.15) is 11.8 Å². The first-order valence-corrected chi connectivity index (χ1v) is 12.1. The second kappa shape index (κ2) is 10.7. The molecule has 1 saturated heterocycles. The van der Waals surface area contributed by atoms with E-state index in [0.717, 1.165) is 64.4 Å². The van der Waals surface area contributed by atoms with Crippen molar-refractivity contribution in [3.8, 4) is 0 Å². The number of anilines is 1. The van der Waals surface area contributed by atoms with Crippen molar-refractivity contribution in [2.24, 2.45) is 4.99 Å². The van der Waals surface area contributed by atoms with Crippen molar-refractivity contribution < 1.29 is 4.79 Å². The van der Waals surface area contributed by atoms with E-state index in [1.807, 2.05) is 16.7 Å². The molecular formula is C22H34N4OS. The van der Waals surface area contributed by atoms with Crippen molar-refractivity contribution in [1.29, 1.82) is 0 Å². The Morgan fingerprint density at radius 1 is 1.32 bits per heavy atom.